The van der Waals surface area contributed by atoms with Crippen LogP contribution in [0.5, 0.6) is 5.75 Å². The van der Waals surface area contributed by atoms with Gasteiger partial charge in [-0.1, -0.05) is 6.07 Å². The number of alkyl halides is 2. The molecule has 0 fully saturated rings. The van der Waals surface area contributed by atoms with Crippen LogP contribution < -0.4 is 10.1 Å². The Kier molecular flexibility index (Phi) is 4.52. The van der Waals surface area contributed by atoms with Crippen LogP contribution in [0, 0.1) is 13.8 Å². The molecule has 5 nitrogen and oxygen atoms in total. The number of hydrogen-bond donors (Lipinski definition) is 1. The van der Waals surface area contributed by atoms with Crippen LogP contribution in [0.4, 0.5) is 14.5 Å². The maximum Gasteiger partial charge on any atom is 0.387 e. The van der Waals surface area contributed by atoms with Crippen molar-refractivity contribution in [2.45, 2.75) is 27.0 Å². The second kappa shape index (κ2) is 6.34. The highest BCUT2D eigenvalue weighted by molar-refractivity contribution is 5.92. The predicted molar refractivity (Wildman–Crippen MR) is 73.4 cm³/mol. The van der Waals surface area contributed by atoms with Crippen molar-refractivity contribution in [3.05, 3.63) is 41.7 Å². The minimum Gasteiger partial charge on any atom is -0.433 e. The summed E-state index contributed by atoms with van der Waals surface area (Å²) in [6.07, 6.45) is 3.34. The minimum absolute atomic E-state index is 0.00413. The molecule has 21 heavy (non-hydrogen) atoms. The Labute approximate surface area is 120 Å². The number of halogens is 2. The molecule has 7 heteroatoms. The molecule has 0 aliphatic carbocycles. The smallest absolute Gasteiger partial charge is 0.387 e. The summed E-state index contributed by atoms with van der Waals surface area (Å²) in [5.74, 6) is -0.434. The quantitative estimate of drug-likeness (QED) is 0.922. The normalized spacial score (nSPS) is 10.7. The van der Waals surface area contributed by atoms with Crippen molar-refractivity contribution in [2.24, 2.45) is 0 Å². The third kappa shape index (κ3) is 4.27. The van der Waals surface area contributed by atoms with Gasteiger partial charge in [0.05, 0.1) is 11.9 Å². The number of hydrogen-bond acceptors (Lipinski definition) is 3. The molecule has 1 heterocycles. The number of aryl methyl sites for hydroxylation is 2. The molecule has 1 aromatic heterocycles. The zero-order valence-electron chi connectivity index (χ0n) is 11.6. The lowest BCUT2D eigenvalue weighted by Gasteiger charge is -2.12. The lowest BCUT2D eigenvalue weighted by atomic mass is 10.2. The topological polar surface area (TPSA) is 56.2 Å². The Morgan fingerprint density at radius 1 is 1.38 bits per heavy atom. The maximum absolute atomic E-state index is 12.4. The number of benzene rings is 1. The van der Waals surface area contributed by atoms with E-state index in [0.29, 0.717) is 0 Å². The van der Waals surface area contributed by atoms with Crippen LogP contribution in [-0.2, 0) is 11.3 Å². The molecule has 0 aliphatic rings. The standard InChI is InChI=1S/C14H15F2N3O2/c1-9-3-4-11(12(5-9)21-14(15)16)18-13(20)8-19-7-10(2)6-17-19/h3-7,14H,8H2,1-2H3,(H,18,20). The molecule has 0 saturated carbocycles. The molecule has 0 unspecified atom stereocenters. The maximum atomic E-state index is 12.4. The van der Waals surface area contributed by atoms with Crippen LogP contribution in [0.25, 0.3) is 0 Å². The summed E-state index contributed by atoms with van der Waals surface area (Å²) in [5.41, 5.74) is 1.89. The zero-order valence-corrected chi connectivity index (χ0v) is 11.6. The predicted octanol–water partition coefficient (Wildman–Crippen LogP) is 2.74. The van der Waals surface area contributed by atoms with Gasteiger partial charge in [0.2, 0.25) is 5.91 Å². The first-order valence-corrected chi connectivity index (χ1v) is 6.28. The molecular formula is C14H15F2N3O2. The number of carbonyl (C=O) groups is 1. The molecule has 1 N–H and O–H groups in total. The fourth-order valence-corrected chi connectivity index (χ4v) is 1.82. The lowest BCUT2D eigenvalue weighted by molar-refractivity contribution is -0.117. The van der Waals surface area contributed by atoms with Crippen LogP contribution in [0.1, 0.15) is 11.1 Å². The Hall–Kier alpha value is -2.44. The fraction of sp³-hybridized carbons (Fsp3) is 0.286. The summed E-state index contributed by atoms with van der Waals surface area (Å²) in [5, 5.41) is 6.53. The van der Waals surface area contributed by atoms with E-state index < -0.39 is 6.61 Å². The van der Waals surface area contributed by atoms with E-state index in [9.17, 15) is 13.6 Å². The van der Waals surface area contributed by atoms with Crippen molar-refractivity contribution >= 4 is 11.6 Å². The van der Waals surface area contributed by atoms with Crippen LogP contribution in [0.15, 0.2) is 30.6 Å². The Morgan fingerprint density at radius 3 is 2.76 bits per heavy atom. The third-order valence-corrected chi connectivity index (χ3v) is 2.70. The molecule has 0 aliphatic heterocycles. The molecule has 2 rings (SSSR count). The van der Waals surface area contributed by atoms with Crippen molar-refractivity contribution in [1.29, 1.82) is 0 Å². The first kappa shape index (κ1) is 15.0. The Balaban J connectivity index is 2.09. The van der Waals surface area contributed by atoms with Gasteiger partial charge in [0.15, 0.2) is 0 Å². The highest BCUT2D eigenvalue weighted by atomic mass is 19.3. The van der Waals surface area contributed by atoms with Crippen molar-refractivity contribution in [1.82, 2.24) is 9.78 Å². The molecule has 0 atom stereocenters. The average molecular weight is 295 g/mol. The molecule has 0 saturated heterocycles. The van der Waals surface area contributed by atoms with E-state index in [1.54, 1.807) is 25.4 Å². The van der Waals surface area contributed by atoms with Crippen LogP contribution >= 0.6 is 0 Å². The van der Waals surface area contributed by atoms with Gasteiger partial charge in [-0.25, -0.2) is 0 Å². The molecule has 1 amide bonds. The first-order valence-electron chi connectivity index (χ1n) is 6.28. The number of ether oxygens (including phenoxy) is 1. The van der Waals surface area contributed by atoms with Gasteiger partial charge in [0, 0.05) is 6.20 Å². The third-order valence-electron chi connectivity index (χ3n) is 2.70. The van der Waals surface area contributed by atoms with Gasteiger partial charge < -0.3 is 10.1 Å². The van der Waals surface area contributed by atoms with E-state index in [0.717, 1.165) is 11.1 Å². The zero-order chi connectivity index (χ0) is 15.4. The van der Waals surface area contributed by atoms with E-state index in [2.05, 4.69) is 15.2 Å². The second-order valence-electron chi connectivity index (χ2n) is 4.64. The number of carbonyl (C=O) groups excluding carboxylic acids is 1. The molecule has 0 radical (unpaired) electrons. The summed E-state index contributed by atoms with van der Waals surface area (Å²) in [6, 6.07) is 4.67. The molecule has 1 aromatic carbocycles. The van der Waals surface area contributed by atoms with Gasteiger partial charge in [0.25, 0.3) is 0 Å². The van der Waals surface area contributed by atoms with Crippen LogP contribution in [0.3, 0.4) is 0 Å². The summed E-state index contributed by atoms with van der Waals surface area (Å²) < 4.78 is 30.6. The number of anilines is 1. The van der Waals surface area contributed by atoms with Crippen LogP contribution in [-0.4, -0.2) is 22.3 Å². The Morgan fingerprint density at radius 2 is 2.14 bits per heavy atom. The lowest BCUT2D eigenvalue weighted by Crippen LogP contribution is -2.19. The van der Waals surface area contributed by atoms with Gasteiger partial charge in [-0.2, -0.15) is 13.9 Å². The number of amides is 1. The molecule has 112 valence electrons. The first-order chi connectivity index (χ1) is 9.94. The Bertz CT molecular complexity index is 641. The highest BCUT2D eigenvalue weighted by Crippen LogP contribution is 2.27. The van der Waals surface area contributed by atoms with Gasteiger partial charge in [0.1, 0.15) is 12.3 Å². The van der Waals surface area contributed by atoms with Gasteiger partial charge in [-0.15, -0.1) is 0 Å². The van der Waals surface area contributed by atoms with Crippen LogP contribution in [0.2, 0.25) is 0 Å². The minimum atomic E-state index is -2.95. The summed E-state index contributed by atoms with van der Waals surface area (Å²) in [4.78, 5) is 11.9. The van der Waals surface area contributed by atoms with Crippen molar-refractivity contribution in [2.75, 3.05) is 5.32 Å². The summed E-state index contributed by atoms with van der Waals surface area (Å²) in [6.45, 7) is 0.651. The molecule has 0 spiro atoms. The largest absolute Gasteiger partial charge is 0.433 e. The van der Waals surface area contributed by atoms with E-state index in [4.69, 9.17) is 0 Å². The fourth-order valence-electron chi connectivity index (χ4n) is 1.82. The van der Waals surface area contributed by atoms with Gasteiger partial charge in [-0.3, -0.25) is 9.48 Å². The van der Waals surface area contributed by atoms with Crippen molar-refractivity contribution < 1.29 is 18.3 Å². The number of aromatic nitrogens is 2. The molecular weight excluding hydrogens is 280 g/mol. The average Bonchev–Trinajstić information content (AvgIpc) is 2.77. The van der Waals surface area contributed by atoms with Crippen molar-refractivity contribution in [3.63, 3.8) is 0 Å². The summed E-state index contributed by atoms with van der Waals surface area (Å²) >= 11 is 0. The molecule has 2 aromatic rings. The van der Waals surface area contributed by atoms with E-state index in [1.807, 2.05) is 6.92 Å². The number of nitrogens with one attached hydrogen (secondary N) is 1. The van der Waals surface area contributed by atoms with E-state index in [-0.39, 0.29) is 23.9 Å². The highest BCUT2D eigenvalue weighted by Gasteiger charge is 2.13. The monoisotopic (exact) mass is 295 g/mol. The number of rotatable bonds is 5. The number of nitrogens with zero attached hydrogens (tertiary/aromatic N) is 2. The van der Waals surface area contributed by atoms with Crippen molar-refractivity contribution in [3.8, 4) is 5.75 Å². The van der Waals surface area contributed by atoms with E-state index in [1.165, 1.54) is 16.8 Å². The van der Waals surface area contributed by atoms with E-state index >= 15 is 0 Å². The van der Waals surface area contributed by atoms with Gasteiger partial charge in [-0.05, 0) is 37.1 Å². The second-order valence-corrected chi connectivity index (χ2v) is 4.64. The van der Waals surface area contributed by atoms with Gasteiger partial charge >= 0.3 is 6.61 Å². The molecule has 0 bridgehead atoms. The summed E-state index contributed by atoms with van der Waals surface area (Å²) in [7, 11) is 0. The SMILES string of the molecule is Cc1ccc(NC(=O)Cn2cc(C)cn2)c(OC(F)F)c1.